The summed E-state index contributed by atoms with van der Waals surface area (Å²) in [5, 5.41) is 19.9. The molecule has 0 aliphatic rings. The smallest absolute Gasteiger partial charge is 1.00 e. The quantitative estimate of drug-likeness (QED) is 0.293. The van der Waals surface area contributed by atoms with Gasteiger partial charge < -0.3 is 17.0 Å². The van der Waals surface area contributed by atoms with Gasteiger partial charge in [-0.2, -0.15) is 0 Å². The third kappa shape index (κ3) is 16.3. The zero-order valence-corrected chi connectivity index (χ0v) is 17.2. The molecular weight excluding hydrogens is 321 g/mol. The van der Waals surface area contributed by atoms with E-state index >= 15 is 0 Å². The normalized spacial score (nSPS) is 11.4. The monoisotopic (exact) mass is 353 g/mol. The fourth-order valence-corrected chi connectivity index (χ4v) is 2.39. The summed E-state index contributed by atoms with van der Waals surface area (Å²) in [5.74, 6) is -2.57. The van der Waals surface area contributed by atoms with Gasteiger partial charge >= 0.3 is 41.5 Å². The summed E-state index contributed by atoms with van der Waals surface area (Å²) in [6.07, 6.45) is 10.3. The maximum Gasteiger partial charge on any atom is 1.00 e. The number of unbranched alkanes of at least 4 members (excludes halogenated alkanes) is 8. The standard InChI is InChI=1S/C17H31NO5.Na.H/c1-2-3-4-5-6-7-8-9-10-11-15(19)18-14(17(22)23)12-13-16(20)21;;/h14H,2-13H2,1H3,(H,18,19)(H,20,21)(H,22,23);;/q;+1;-1/t14-;;/m1../s1. The van der Waals surface area contributed by atoms with Crippen LogP contribution in [0.1, 0.15) is 85.4 Å². The molecule has 0 heterocycles. The van der Waals surface area contributed by atoms with Crippen LogP contribution in [0.3, 0.4) is 0 Å². The molecule has 0 bridgehead atoms. The third-order valence-corrected chi connectivity index (χ3v) is 3.79. The van der Waals surface area contributed by atoms with Crippen LogP contribution < -0.4 is 34.9 Å². The van der Waals surface area contributed by atoms with E-state index in [2.05, 4.69) is 12.2 Å². The molecule has 0 radical (unpaired) electrons. The van der Waals surface area contributed by atoms with Crippen LogP contribution in [0.15, 0.2) is 0 Å². The fourth-order valence-electron chi connectivity index (χ4n) is 2.39. The maximum atomic E-state index is 11.7. The predicted octanol–water partition coefficient (Wildman–Crippen LogP) is 0.458. The fraction of sp³-hybridized carbons (Fsp3) is 0.824. The first-order valence-electron chi connectivity index (χ1n) is 8.71. The Kier molecular flexibility index (Phi) is 18.4. The number of nitrogens with one attached hydrogen (secondary N) is 1. The number of rotatable bonds is 15. The number of carboxylic acid groups (broad SMARTS) is 2. The molecule has 0 aromatic carbocycles. The number of aliphatic carboxylic acids is 2. The summed E-state index contributed by atoms with van der Waals surface area (Å²) in [4.78, 5) is 33.1. The Morgan fingerprint density at radius 2 is 1.38 bits per heavy atom. The van der Waals surface area contributed by atoms with E-state index in [9.17, 15) is 14.4 Å². The summed E-state index contributed by atoms with van der Waals surface area (Å²) < 4.78 is 0. The Morgan fingerprint density at radius 3 is 1.83 bits per heavy atom. The van der Waals surface area contributed by atoms with Crippen molar-refractivity contribution >= 4 is 17.8 Å². The van der Waals surface area contributed by atoms with E-state index in [0.717, 1.165) is 19.3 Å². The molecule has 0 saturated carbocycles. The van der Waals surface area contributed by atoms with Crippen molar-refractivity contribution in [3.63, 3.8) is 0 Å². The average molecular weight is 353 g/mol. The first-order chi connectivity index (χ1) is 11.0. The van der Waals surface area contributed by atoms with Crippen molar-refractivity contribution in [1.29, 1.82) is 0 Å². The van der Waals surface area contributed by atoms with Crippen LogP contribution in [0.25, 0.3) is 0 Å². The van der Waals surface area contributed by atoms with Crippen LogP contribution in [0.4, 0.5) is 0 Å². The molecule has 1 atom stereocenters. The number of carbonyl (C=O) groups excluding carboxylic acids is 1. The van der Waals surface area contributed by atoms with E-state index in [0.29, 0.717) is 6.42 Å². The largest absolute Gasteiger partial charge is 1.00 e. The second kappa shape index (κ2) is 17.2. The second-order valence-corrected chi connectivity index (χ2v) is 5.97. The van der Waals surface area contributed by atoms with Gasteiger partial charge in [-0.05, 0) is 12.8 Å². The molecule has 24 heavy (non-hydrogen) atoms. The number of amides is 1. The molecule has 0 rings (SSSR count). The number of carboxylic acids is 2. The first kappa shape index (κ1) is 25.6. The van der Waals surface area contributed by atoms with E-state index in [1.54, 1.807) is 0 Å². The molecule has 0 aliphatic heterocycles. The van der Waals surface area contributed by atoms with Crippen molar-refractivity contribution in [1.82, 2.24) is 5.32 Å². The average Bonchev–Trinajstić information content (AvgIpc) is 2.49. The molecule has 0 fully saturated rings. The van der Waals surface area contributed by atoms with E-state index in [-0.39, 0.29) is 49.7 Å². The molecule has 0 unspecified atom stereocenters. The Hall–Kier alpha value is -0.590. The number of hydrogen-bond donors (Lipinski definition) is 3. The predicted molar refractivity (Wildman–Crippen MR) is 89.4 cm³/mol. The van der Waals surface area contributed by atoms with Crippen molar-refractivity contribution < 1.29 is 55.6 Å². The van der Waals surface area contributed by atoms with Crippen LogP contribution >= 0.6 is 0 Å². The van der Waals surface area contributed by atoms with E-state index in [4.69, 9.17) is 10.2 Å². The molecule has 0 aliphatic carbocycles. The molecule has 1 amide bonds. The van der Waals surface area contributed by atoms with Gasteiger partial charge in [-0.15, -0.1) is 0 Å². The Labute approximate surface area is 168 Å². The molecule has 0 saturated heterocycles. The van der Waals surface area contributed by atoms with Gasteiger partial charge in [0.05, 0.1) is 0 Å². The van der Waals surface area contributed by atoms with Gasteiger partial charge in [0, 0.05) is 12.8 Å². The van der Waals surface area contributed by atoms with Gasteiger partial charge in [0.1, 0.15) is 6.04 Å². The Bertz CT molecular complexity index is 369. The van der Waals surface area contributed by atoms with Gasteiger partial charge in [0.25, 0.3) is 0 Å². The minimum Gasteiger partial charge on any atom is -1.00 e. The zero-order chi connectivity index (χ0) is 17.5. The minimum atomic E-state index is -1.19. The number of carbonyl (C=O) groups is 3. The van der Waals surface area contributed by atoms with Crippen LogP contribution in [0.5, 0.6) is 0 Å². The summed E-state index contributed by atoms with van der Waals surface area (Å²) in [5.41, 5.74) is 0. The van der Waals surface area contributed by atoms with Crippen molar-refractivity contribution in [2.24, 2.45) is 0 Å². The van der Waals surface area contributed by atoms with Crippen LogP contribution in [0.2, 0.25) is 0 Å². The van der Waals surface area contributed by atoms with Crippen molar-refractivity contribution in [3.8, 4) is 0 Å². The number of hydrogen-bond acceptors (Lipinski definition) is 3. The second-order valence-electron chi connectivity index (χ2n) is 5.97. The molecule has 0 aromatic rings. The topological polar surface area (TPSA) is 104 Å². The molecule has 0 aromatic heterocycles. The Morgan fingerprint density at radius 1 is 0.875 bits per heavy atom. The van der Waals surface area contributed by atoms with Gasteiger partial charge in [0.15, 0.2) is 0 Å². The van der Waals surface area contributed by atoms with Crippen molar-refractivity contribution in [2.45, 2.75) is 90.0 Å². The van der Waals surface area contributed by atoms with E-state index in [1.807, 2.05) is 0 Å². The van der Waals surface area contributed by atoms with Gasteiger partial charge in [-0.25, -0.2) is 4.79 Å². The molecule has 136 valence electrons. The molecule has 6 nitrogen and oxygen atoms in total. The van der Waals surface area contributed by atoms with Gasteiger partial charge in [0.2, 0.25) is 5.91 Å². The van der Waals surface area contributed by atoms with E-state index < -0.39 is 18.0 Å². The maximum absolute atomic E-state index is 11.7. The summed E-state index contributed by atoms with van der Waals surface area (Å²) >= 11 is 0. The Balaban J connectivity index is -0.00000242. The summed E-state index contributed by atoms with van der Waals surface area (Å²) in [6.45, 7) is 2.20. The first-order valence-corrected chi connectivity index (χ1v) is 8.71. The summed E-state index contributed by atoms with van der Waals surface area (Å²) in [7, 11) is 0. The van der Waals surface area contributed by atoms with Crippen LogP contribution in [-0.4, -0.2) is 34.1 Å². The molecule has 3 N–H and O–H groups in total. The molecular formula is C17H32NNaO5. The van der Waals surface area contributed by atoms with Crippen molar-refractivity contribution in [2.75, 3.05) is 0 Å². The molecule has 7 heteroatoms. The van der Waals surface area contributed by atoms with E-state index in [1.165, 1.54) is 38.5 Å². The summed E-state index contributed by atoms with van der Waals surface area (Å²) in [6, 6.07) is -1.11. The van der Waals surface area contributed by atoms with Crippen molar-refractivity contribution in [3.05, 3.63) is 0 Å². The SMILES string of the molecule is CCCCCCCCCCCC(=O)N[C@H](CCC(=O)O)C(=O)O.[H-].[Na+]. The van der Waals surface area contributed by atoms with Gasteiger partial charge in [-0.1, -0.05) is 58.3 Å². The van der Waals surface area contributed by atoms with Crippen LogP contribution in [-0.2, 0) is 14.4 Å². The van der Waals surface area contributed by atoms with Crippen LogP contribution in [0, 0.1) is 0 Å². The molecule has 0 spiro atoms. The zero-order valence-electron chi connectivity index (χ0n) is 16.2. The minimum absolute atomic E-state index is 0. The van der Waals surface area contributed by atoms with Gasteiger partial charge in [-0.3, -0.25) is 9.59 Å². The third-order valence-electron chi connectivity index (χ3n) is 3.79.